The smallest absolute Gasteiger partial charge is 0.0348 e. The van der Waals surface area contributed by atoms with Crippen molar-refractivity contribution < 1.29 is 0 Å². The highest BCUT2D eigenvalue weighted by Gasteiger charge is 2.22. The Labute approximate surface area is 102 Å². The second-order valence-electron chi connectivity index (χ2n) is 4.22. The lowest BCUT2D eigenvalue weighted by Crippen LogP contribution is -2.56. The molecule has 0 saturated carbocycles. The molecule has 1 saturated heterocycles. The van der Waals surface area contributed by atoms with Gasteiger partial charge in [-0.2, -0.15) is 0 Å². The van der Waals surface area contributed by atoms with Crippen LogP contribution in [-0.4, -0.2) is 36.8 Å². The summed E-state index contributed by atoms with van der Waals surface area (Å²) >= 11 is 1.80. The lowest BCUT2D eigenvalue weighted by Gasteiger charge is -2.37. The number of thioether (sulfide) groups is 1. The maximum atomic E-state index is 3.34. The molecular weight excluding hydrogens is 216 g/mol. The van der Waals surface area contributed by atoms with E-state index in [1.165, 1.54) is 10.5 Å². The van der Waals surface area contributed by atoms with Gasteiger partial charge in [-0.05, 0) is 30.5 Å². The van der Waals surface area contributed by atoms with Crippen LogP contribution in [0.2, 0.25) is 0 Å². The van der Waals surface area contributed by atoms with E-state index in [0.717, 1.165) is 32.2 Å². The summed E-state index contributed by atoms with van der Waals surface area (Å²) in [5, 5.41) is 3.34. The standard InChI is InChI=1S/C13H20N2S/c1-3-15(12-8-14-9-12)10-11-4-6-13(16-2)7-5-11/h4-7,12,14H,3,8-10H2,1-2H3. The van der Waals surface area contributed by atoms with E-state index in [9.17, 15) is 0 Å². The molecule has 1 aliphatic rings. The zero-order valence-electron chi connectivity index (χ0n) is 10.1. The molecular formula is C13H20N2S. The van der Waals surface area contributed by atoms with Gasteiger partial charge in [0, 0.05) is 30.6 Å². The van der Waals surface area contributed by atoms with Crippen molar-refractivity contribution in [3.63, 3.8) is 0 Å². The molecule has 2 nitrogen and oxygen atoms in total. The Balaban J connectivity index is 1.95. The minimum Gasteiger partial charge on any atom is -0.314 e. The van der Waals surface area contributed by atoms with Crippen LogP contribution in [0.4, 0.5) is 0 Å². The van der Waals surface area contributed by atoms with Crippen LogP contribution in [0.5, 0.6) is 0 Å². The molecule has 1 aliphatic heterocycles. The van der Waals surface area contributed by atoms with Gasteiger partial charge in [-0.1, -0.05) is 19.1 Å². The van der Waals surface area contributed by atoms with Gasteiger partial charge in [0.25, 0.3) is 0 Å². The van der Waals surface area contributed by atoms with E-state index in [2.05, 4.69) is 47.7 Å². The third kappa shape index (κ3) is 2.78. The summed E-state index contributed by atoms with van der Waals surface area (Å²) in [5.74, 6) is 0. The molecule has 1 N–H and O–H groups in total. The molecule has 1 aromatic carbocycles. The SMILES string of the molecule is CCN(Cc1ccc(SC)cc1)C1CNC1. The average molecular weight is 236 g/mol. The molecule has 1 fully saturated rings. The van der Waals surface area contributed by atoms with Gasteiger partial charge in [-0.3, -0.25) is 4.90 Å². The predicted molar refractivity (Wildman–Crippen MR) is 71.0 cm³/mol. The van der Waals surface area contributed by atoms with E-state index >= 15 is 0 Å². The number of likely N-dealkylation sites (N-methyl/N-ethyl adjacent to an activating group) is 1. The van der Waals surface area contributed by atoms with Crippen LogP contribution in [0.1, 0.15) is 12.5 Å². The molecule has 0 spiro atoms. The summed E-state index contributed by atoms with van der Waals surface area (Å²) in [7, 11) is 0. The maximum absolute atomic E-state index is 3.34. The van der Waals surface area contributed by atoms with Crippen molar-refractivity contribution in [1.29, 1.82) is 0 Å². The summed E-state index contributed by atoms with van der Waals surface area (Å²) in [5.41, 5.74) is 1.42. The van der Waals surface area contributed by atoms with Crippen LogP contribution in [0.15, 0.2) is 29.2 Å². The third-order valence-electron chi connectivity index (χ3n) is 3.23. The second-order valence-corrected chi connectivity index (χ2v) is 5.10. The van der Waals surface area contributed by atoms with Crippen LogP contribution >= 0.6 is 11.8 Å². The summed E-state index contributed by atoms with van der Waals surface area (Å²) in [4.78, 5) is 3.89. The van der Waals surface area contributed by atoms with Gasteiger partial charge in [0.05, 0.1) is 0 Å². The zero-order valence-corrected chi connectivity index (χ0v) is 10.9. The molecule has 16 heavy (non-hydrogen) atoms. The fraction of sp³-hybridized carbons (Fsp3) is 0.538. The number of rotatable bonds is 5. The first-order valence-electron chi connectivity index (χ1n) is 5.91. The normalized spacial score (nSPS) is 16.4. The Hall–Kier alpha value is -0.510. The number of benzene rings is 1. The Kier molecular flexibility index (Phi) is 4.27. The van der Waals surface area contributed by atoms with Crippen molar-refractivity contribution in [1.82, 2.24) is 10.2 Å². The Morgan fingerprint density at radius 2 is 2.00 bits per heavy atom. The van der Waals surface area contributed by atoms with Crippen LogP contribution in [0.3, 0.4) is 0 Å². The molecule has 0 amide bonds. The highest BCUT2D eigenvalue weighted by molar-refractivity contribution is 7.98. The molecule has 3 heteroatoms. The van der Waals surface area contributed by atoms with Crippen molar-refractivity contribution in [2.24, 2.45) is 0 Å². The Bertz CT molecular complexity index is 319. The topological polar surface area (TPSA) is 15.3 Å². The van der Waals surface area contributed by atoms with Gasteiger partial charge in [0.2, 0.25) is 0 Å². The molecule has 88 valence electrons. The second kappa shape index (κ2) is 5.71. The van der Waals surface area contributed by atoms with E-state index in [1.807, 2.05) is 0 Å². The summed E-state index contributed by atoms with van der Waals surface area (Å²) < 4.78 is 0. The van der Waals surface area contributed by atoms with Crippen molar-refractivity contribution in [3.05, 3.63) is 29.8 Å². The van der Waals surface area contributed by atoms with E-state index in [4.69, 9.17) is 0 Å². The number of nitrogens with one attached hydrogen (secondary N) is 1. The number of nitrogens with zero attached hydrogens (tertiary/aromatic N) is 1. The third-order valence-corrected chi connectivity index (χ3v) is 3.97. The highest BCUT2D eigenvalue weighted by atomic mass is 32.2. The first-order valence-corrected chi connectivity index (χ1v) is 7.13. The van der Waals surface area contributed by atoms with Gasteiger partial charge in [0.15, 0.2) is 0 Å². The van der Waals surface area contributed by atoms with Gasteiger partial charge >= 0.3 is 0 Å². The molecule has 0 bridgehead atoms. The number of hydrogen-bond acceptors (Lipinski definition) is 3. The predicted octanol–water partition coefficient (Wildman–Crippen LogP) is 2.20. The van der Waals surface area contributed by atoms with Crippen molar-refractivity contribution in [3.8, 4) is 0 Å². The summed E-state index contributed by atoms with van der Waals surface area (Å²) in [6.45, 7) is 6.76. The van der Waals surface area contributed by atoms with Gasteiger partial charge < -0.3 is 5.32 Å². The van der Waals surface area contributed by atoms with E-state index in [-0.39, 0.29) is 0 Å². The van der Waals surface area contributed by atoms with Gasteiger partial charge in [0.1, 0.15) is 0 Å². The number of hydrogen-bond donors (Lipinski definition) is 1. The molecule has 1 aromatic rings. The summed E-state index contributed by atoms with van der Waals surface area (Å²) in [6.07, 6.45) is 2.12. The first kappa shape index (κ1) is 12.0. The minimum absolute atomic E-state index is 0.741. The van der Waals surface area contributed by atoms with Crippen molar-refractivity contribution in [2.75, 3.05) is 25.9 Å². The molecule has 0 aliphatic carbocycles. The monoisotopic (exact) mass is 236 g/mol. The molecule has 0 atom stereocenters. The molecule has 0 aromatic heterocycles. The van der Waals surface area contributed by atoms with E-state index < -0.39 is 0 Å². The van der Waals surface area contributed by atoms with Crippen LogP contribution in [-0.2, 0) is 6.54 Å². The minimum atomic E-state index is 0.741. The fourth-order valence-electron chi connectivity index (χ4n) is 2.00. The van der Waals surface area contributed by atoms with Gasteiger partial charge in [-0.15, -0.1) is 11.8 Å². The lowest BCUT2D eigenvalue weighted by molar-refractivity contribution is 0.145. The van der Waals surface area contributed by atoms with Crippen LogP contribution in [0.25, 0.3) is 0 Å². The maximum Gasteiger partial charge on any atom is 0.0348 e. The van der Waals surface area contributed by atoms with E-state index in [0.29, 0.717) is 0 Å². The largest absolute Gasteiger partial charge is 0.314 e. The molecule has 0 radical (unpaired) electrons. The molecule has 2 rings (SSSR count). The quantitative estimate of drug-likeness (QED) is 0.789. The van der Waals surface area contributed by atoms with Crippen LogP contribution < -0.4 is 5.32 Å². The van der Waals surface area contributed by atoms with Gasteiger partial charge in [-0.25, -0.2) is 0 Å². The molecule has 0 unspecified atom stereocenters. The first-order chi connectivity index (χ1) is 7.83. The van der Waals surface area contributed by atoms with E-state index in [1.54, 1.807) is 11.8 Å². The van der Waals surface area contributed by atoms with Crippen molar-refractivity contribution in [2.45, 2.75) is 24.4 Å². The average Bonchev–Trinajstić information content (AvgIpc) is 2.26. The fourth-order valence-corrected chi connectivity index (χ4v) is 2.40. The highest BCUT2D eigenvalue weighted by Crippen LogP contribution is 2.17. The Morgan fingerprint density at radius 1 is 1.31 bits per heavy atom. The Morgan fingerprint density at radius 3 is 2.44 bits per heavy atom. The zero-order chi connectivity index (χ0) is 11.4. The molecule has 1 heterocycles. The van der Waals surface area contributed by atoms with Crippen molar-refractivity contribution >= 4 is 11.8 Å². The summed E-state index contributed by atoms with van der Waals surface area (Å²) in [6, 6.07) is 9.67. The van der Waals surface area contributed by atoms with Crippen LogP contribution in [0, 0.1) is 0 Å². The lowest BCUT2D eigenvalue weighted by atomic mass is 10.1.